The van der Waals surface area contributed by atoms with Crippen molar-refractivity contribution in [3.05, 3.63) is 58.4 Å². The minimum Gasteiger partial charge on any atom is -0.378 e. The molecule has 1 atom stereocenters. The molecule has 5 nitrogen and oxygen atoms in total. The molecule has 0 unspecified atom stereocenters. The fourth-order valence-corrected chi connectivity index (χ4v) is 4.54. The van der Waals surface area contributed by atoms with Gasteiger partial charge in [0, 0.05) is 48.9 Å². The van der Waals surface area contributed by atoms with Gasteiger partial charge in [-0.3, -0.25) is 4.79 Å². The number of pyridine rings is 1. The Morgan fingerprint density at radius 3 is 2.56 bits per heavy atom. The van der Waals surface area contributed by atoms with Crippen molar-refractivity contribution in [2.45, 2.75) is 38.1 Å². The third-order valence-corrected chi connectivity index (χ3v) is 6.10. The lowest BCUT2D eigenvalue weighted by molar-refractivity contribution is 0.122. The van der Waals surface area contributed by atoms with Crippen LogP contribution in [0.5, 0.6) is 0 Å². The Labute approximate surface area is 161 Å². The van der Waals surface area contributed by atoms with Crippen molar-refractivity contribution in [2.24, 2.45) is 0 Å². The normalized spacial score (nSPS) is 20.9. The van der Waals surface area contributed by atoms with E-state index in [2.05, 4.69) is 65.0 Å². The zero-order valence-electron chi connectivity index (χ0n) is 16.3. The first-order valence-corrected chi connectivity index (χ1v) is 9.95. The number of morpholine rings is 1. The predicted molar refractivity (Wildman–Crippen MR) is 110 cm³/mol. The molecular weight excluding hydrogens is 338 g/mol. The van der Waals surface area contributed by atoms with Crippen molar-refractivity contribution in [3.8, 4) is 0 Å². The number of hydrogen-bond acceptors (Lipinski definition) is 4. The quantitative estimate of drug-likeness (QED) is 0.902. The van der Waals surface area contributed by atoms with E-state index >= 15 is 0 Å². The summed E-state index contributed by atoms with van der Waals surface area (Å²) in [4.78, 5) is 20.1. The number of aromatic nitrogens is 1. The summed E-state index contributed by atoms with van der Waals surface area (Å²) < 4.78 is 5.45. The molecule has 1 aromatic heterocycles. The maximum absolute atomic E-state index is 12.4. The smallest absolute Gasteiger partial charge is 0.251 e. The molecule has 5 heteroatoms. The first-order chi connectivity index (χ1) is 13.1. The van der Waals surface area contributed by atoms with Gasteiger partial charge in [0.05, 0.1) is 13.2 Å². The first kappa shape index (κ1) is 18.1. The standard InChI is InChI=1S/C22H29N3O2/c1-22(2,17-7-4-3-5-8-17)19-9-6-10-25(19)20-15-18(16-21(26)23-20)24-11-13-27-14-12-24/h3-5,7-8,15-16,19H,6,9-14H2,1-2H3,(H,23,26)/t19-/m1/s1. The predicted octanol–water partition coefficient (Wildman–Crippen LogP) is 3.16. The van der Waals surface area contributed by atoms with Gasteiger partial charge in [0.15, 0.2) is 0 Å². The van der Waals surface area contributed by atoms with Gasteiger partial charge in [-0.05, 0) is 18.4 Å². The Morgan fingerprint density at radius 1 is 1.07 bits per heavy atom. The average molecular weight is 367 g/mol. The fraction of sp³-hybridized carbons (Fsp3) is 0.500. The molecule has 3 heterocycles. The van der Waals surface area contributed by atoms with Crippen molar-refractivity contribution < 1.29 is 4.74 Å². The van der Waals surface area contributed by atoms with Gasteiger partial charge in [0.1, 0.15) is 5.82 Å². The molecule has 1 N–H and O–H groups in total. The van der Waals surface area contributed by atoms with Crippen LogP contribution in [0.15, 0.2) is 47.3 Å². The van der Waals surface area contributed by atoms with Gasteiger partial charge in [-0.1, -0.05) is 44.2 Å². The van der Waals surface area contributed by atoms with Crippen molar-refractivity contribution in [1.82, 2.24) is 4.98 Å². The number of anilines is 2. The average Bonchev–Trinajstić information content (AvgIpc) is 3.20. The van der Waals surface area contributed by atoms with Crippen LogP contribution < -0.4 is 15.4 Å². The van der Waals surface area contributed by atoms with Gasteiger partial charge in [-0.2, -0.15) is 0 Å². The fourth-order valence-electron chi connectivity index (χ4n) is 4.54. The van der Waals surface area contributed by atoms with Crippen molar-refractivity contribution in [2.75, 3.05) is 42.6 Å². The second kappa shape index (κ2) is 7.39. The molecule has 0 radical (unpaired) electrons. The lowest BCUT2D eigenvalue weighted by Crippen LogP contribution is -2.45. The van der Waals surface area contributed by atoms with Crippen molar-refractivity contribution >= 4 is 11.5 Å². The summed E-state index contributed by atoms with van der Waals surface area (Å²) in [6.07, 6.45) is 2.27. The Bertz CT molecular complexity index is 825. The third kappa shape index (κ3) is 3.61. The Morgan fingerprint density at radius 2 is 1.81 bits per heavy atom. The van der Waals surface area contributed by atoms with E-state index in [0.717, 1.165) is 57.2 Å². The summed E-state index contributed by atoms with van der Waals surface area (Å²) in [6, 6.07) is 14.9. The number of benzene rings is 1. The van der Waals surface area contributed by atoms with Crippen molar-refractivity contribution in [1.29, 1.82) is 0 Å². The van der Waals surface area contributed by atoms with Crippen LogP contribution in [-0.4, -0.2) is 43.9 Å². The lowest BCUT2D eigenvalue weighted by atomic mass is 9.76. The zero-order chi connectivity index (χ0) is 18.9. The number of H-pyrrole nitrogens is 1. The monoisotopic (exact) mass is 367 g/mol. The van der Waals surface area contributed by atoms with E-state index in [9.17, 15) is 4.79 Å². The molecule has 144 valence electrons. The highest BCUT2D eigenvalue weighted by Crippen LogP contribution is 2.38. The highest BCUT2D eigenvalue weighted by molar-refractivity contribution is 5.56. The molecule has 2 saturated heterocycles. The molecule has 2 aliphatic rings. The van der Waals surface area contributed by atoms with E-state index in [1.165, 1.54) is 5.56 Å². The number of nitrogens with zero attached hydrogens (tertiary/aromatic N) is 2. The van der Waals surface area contributed by atoms with Gasteiger partial charge < -0.3 is 19.5 Å². The summed E-state index contributed by atoms with van der Waals surface area (Å²) in [5, 5.41) is 0. The summed E-state index contributed by atoms with van der Waals surface area (Å²) in [5.74, 6) is 0.940. The second-order valence-corrected chi connectivity index (χ2v) is 8.13. The van der Waals surface area contributed by atoms with Crippen LogP contribution >= 0.6 is 0 Å². The van der Waals surface area contributed by atoms with E-state index in [1.807, 2.05) is 0 Å². The minimum atomic E-state index is -0.0304. The third-order valence-electron chi connectivity index (χ3n) is 6.10. The molecule has 0 spiro atoms. The Balaban J connectivity index is 1.66. The number of hydrogen-bond donors (Lipinski definition) is 1. The SMILES string of the molecule is CC(C)(c1ccccc1)[C@H]1CCCN1c1cc(N2CCOCC2)cc(=O)[nH]1. The maximum Gasteiger partial charge on any atom is 0.251 e. The molecule has 2 fully saturated rings. The van der Waals surface area contributed by atoms with Crippen molar-refractivity contribution in [3.63, 3.8) is 0 Å². The van der Waals surface area contributed by atoms with E-state index < -0.39 is 0 Å². The van der Waals surface area contributed by atoms with Gasteiger partial charge in [0.25, 0.3) is 5.56 Å². The summed E-state index contributed by atoms with van der Waals surface area (Å²) in [7, 11) is 0. The Hall–Kier alpha value is -2.27. The molecular formula is C22H29N3O2. The molecule has 0 amide bonds. The number of rotatable bonds is 4. The molecule has 4 rings (SSSR count). The molecule has 2 aromatic rings. The molecule has 0 bridgehead atoms. The summed E-state index contributed by atoms with van der Waals surface area (Å²) >= 11 is 0. The lowest BCUT2D eigenvalue weighted by Gasteiger charge is -2.39. The van der Waals surface area contributed by atoms with E-state index in [4.69, 9.17) is 4.74 Å². The number of ether oxygens (including phenoxy) is 1. The van der Waals surface area contributed by atoms with Gasteiger partial charge in [0.2, 0.25) is 0 Å². The maximum atomic E-state index is 12.4. The number of nitrogens with one attached hydrogen (secondary N) is 1. The summed E-state index contributed by atoms with van der Waals surface area (Å²) in [5.41, 5.74) is 2.31. The van der Waals surface area contributed by atoms with E-state index in [-0.39, 0.29) is 11.0 Å². The zero-order valence-corrected chi connectivity index (χ0v) is 16.3. The van der Waals surface area contributed by atoms with Crippen LogP contribution in [0.3, 0.4) is 0 Å². The number of aromatic amines is 1. The largest absolute Gasteiger partial charge is 0.378 e. The minimum absolute atomic E-state index is 0.00359. The first-order valence-electron chi connectivity index (χ1n) is 9.95. The second-order valence-electron chi connectivity index (χ2n) is 8.13. The highest BCUT2D eigenvalue weighted by Gasteiger charge is 2.39. The molecule has 0 saturated carbocycles. The van der Waals surface area contributed by atoms with Crippen LogP contribution in [0.1, 0.15) is 32.3 Å². The van der Waals surface area contributed by atoms with Crippen LogP contribution in [-0.2, 0) is 10.2 Å². The van der Waals surface area contributed by atoms with E-state index in [0.29, 0.717) is 6.04 Å². The topological polar surface area (TPSA) is 48.6 Å². The van der Waals surface area contributed by atoms with Crippen LogP contribution in [0.4, 0.5) is 11.5 Å². The molecule has 27 heavy (non-hydrogen) atoms. The van der Waals surface area contributed by atoms with Crippen LogP contribution in [0.2, 0.25) is 0 Å². The van der Waals surface area contributed by atoms with E-state index in [1.54, 1.807) is 6.07 Å². The molecule has 2 aliphatic heterocycles. The van der Waals surface area contributed by atoms with Gasteiger partial charge in [-0.25, -0.2) is 0 Å². The summed E-state index contributed by atoms with van der Waals surface area (Å²) in [6.45, 7) is 8.71. The van der Waals surface area contributed by atoms with Crippen LogP contribution in [0.25, 0.3) is 0 Å². The molecule has 1 aromatic carbocycles. The molecule has 0 aliphatic carbocycles. The van der Waals surface area contributed by atoms with Gasteiger partial charge >= 0.3 is 0 Å². The highest BCUT2D eigenvalue weighted by atomic mass is 16.5. The van der Waals surface area contributed by atoms with Gasteiger partial charge in [-0.15, -0.1) is 0 Å². The van der Waals surface area contributed by atoms with Crippen LogP contribution in [0, 0.1) is 0 Å². The Kier molecular flexibility index (Phi) is 4.96.